The van der Waals surface area contributed by atoms with Crippen LogP contribution in [0.4, 0.5) is 0 Å². The van der Waals surface area contributed by atoms with Gasteiger partial charge in [-0.1, -0.05) is 60.7 Å². The first-order valence-electron chi connectivity index (χ1n) is 8.48. The highest BCUT2D eigenvalue weighted by Gasteiger charge is 2.40. The first-order chi connectivity index (χ1) is 12.1. The van der Waals surface area contributed by atoms with Gasteiger partial charge in [-0.2, -0.15) is 0 Å². The molecule has 3 aromatic rings. The van der Waals surface area contributed by atoms with Crippen molar-refractivity contribution in [3.63, 3.8) is 0 Å². The Morgan fingerprint density at radius 1 is 1.04 bits per heavy atom. The van der Waals surface area contributed by atoms with E-state index in [2.05, 4.69) is 16.1 Å². The zero-order valence-electron chi connectivity index (χ0n) is 14.7. The lowest BCUT2D eigenvalue weighted by molar-refractivity contribution is -0.677. The Labute approximate surface area is 148 Å². The Bertz CT molecular complexity index is 814. The van der Waals surface area contributed by atoms with Crippen molar-refractivity contribution in [1.82, 2.24) is 4.57 Å². The minimum Gasteiger partial charge on any atom is -0.369 e. The van der Waals surface area contributed by atoms with Gasteiger partial charge in [-0.05, 0) is 11.1 Å². The molecule has 25 heavy (non-hydrogen) atoms. The molecule has 3 rings (SSSR count). The van der Waals surface area contributed by atoms with Gasteiger partial charge in [-0.15, -0.1) is 0 Å². The molecular weight excluding hydrogens is 310 g/mol. The lowest BCUT2D eigenvalue weighted by Crippen LogP contribution is -2.43. The smallest absolute Gasteiger partial charge is 0.253 e. The van der Waals surface area contributed by atoms with Crippen LogP contribution in [0.5, 0.6) is 0 Å². The first kappa shape index (κ1) is 17.0. The number of nitrogens with zero attached hydrogens (tertiary/aromatic N) is 2. The van der Waals surface area contributed by atoms with Crippen molar-refractivity contribution in [3.05, 3.63) is 90.0 Å². The van der Waals surface area contributed by atoms with Gasteiger partial charge in [0.2, 0.25) is 5.91 Å². The van der Waals surface area contributed by atoms with Crippen LogP contribution in [0.2, 0.25) is 0 Å². The molecule has 0 atom stereocenters. The lowest BCUT2D eigenvalue weighted by Gasteiger charge is -2.31. The second kappa shape index (κ2) is 6.93. The van der Waals surface area contributed by atoms with Crippen LogP contribution in [-0.4, -0.2) is 10.5 Å². The average Bonchev–Trinajstić information content (AvgIpc) is 2.96. The number of carbonyl (C=O) groups excluding carboxylic acids is 1. The van der Waals surface area contributed by atoms with E-state index in [1.165, 1.54) is 0 Å². The summed E-state index contributed by atoms with van der Waals surface area (Å²) in [6, 6.07) is 19.7. The number of carbonyl (C=O) groups is 1. The third kappa shape index (κ3) is 3.07. The van der Waals surface area contributed by atoms with Gasteiger partial charge in [0.1, 0.15) is 17.8 Å². The molecule has 0 radical (unpaired) electrons. The summed E-state index contributed by atoms with van der Waals surface area (Å²) >= 11 is 0. The van der Waals surface area contributed by atoms with Crippen LogP contribution in [0.25, 0.3) is 0 Å². The number of rotatable bonds is 6. The zero-order valence-corrected chi connectivity index (χ0v) is 14.7. The fourth-order valence-corrected chi connectivity index (χ4v) is 3.43. The van der Waals surface area contributed by atoms with Crippen molar-refractivity contribution in [1.29, 1.82) is 0 Å². The highest BCUT2D eigenvalue weighted by atomic mass is 16.1. The second-order valence-electron chi connectivity index (χ2n) is 6.40. The molecule has 0 fully saturated rings. The molecule has 0 saturated carbocycles. The van der Waals surface area contributed by atoms with E-state index in [4.69, 9.17) is 5.73 Å². The summed E-state index contributed by atoms with van der Waals surface area (Å²) in [6.07, 6.45) is 4.66. The Balaban J connectivity index is 2.08. The molecule has 2 aromatic carbocycles. The van der Waals surface area contributed by atoms with Gasteiger partial charge in [0.25, 0.3) is 5.82 Å². The van der Waals surface area contributed by atoms with E-state index in [1.807, 2.05) is 80.1 Å². The Morgan fingerprint density at radius 3 is 1.96 bits per heavy atom. The highest BCUT2D eigenvalue weighted by molar-refractivity contribution is 5.90. The van der Waals surface area contributed by atoms with E-state index >= 15 is 0 Å². The van der Waals surface area contributed by atoms with E-state index < -0.39 is 5.41 Å². The standard InChI is InChI=1S/C21H23N3O/c1-17-23(2)15-16-24(17)14-13-21(20(22)25,18-9-5-3-6-10-18)19-11-7-4-8-12-19/h3-12,15-16H,13-14H2,1-2H3,(H-,22,25)/p+1. The third-order valence-electron chi connectivity index (χ3n) is 5.08. The van der Waals surface area contributed by atoms with Crippen LogP contribution >= 0.6 is 0 Å². The lowest BCUT2D eigenvalue weighted by atomic mass is 9.71. The molecule has 4 heteroatoms. The molecule has 0 spiro atoms. The van der Waals surface area contributed by atoms with Gasteiger partial charge in [-0.3, -0.25) is 4.79 Å². The monoisotopic (exact) mass is 334 g/mol. The summed E-state index contributed by atoms with van der Waals surface area (Å²) in [5.74, 6) is 0.818. The number of primary amides is 1. The van der Waals surface area contributed by atoms with E-state index in [1.54, 1.807) is 0 Å². The molecule has 0 aliphatic rings. The maximum absolute atomic E-state index is 12.7. The molecule has 0 saturated heterocycles. The number of aryl methyl sites for hydroxylation is 2. The van der Waals surface area contributed by atoms with Gasteiger partial charge in [-0.25, -0.2) is 9.13 Å². The van der Waals surface area contributed by atoms with Crippen LogP contribution in [-0.2, 0) is 23.8 Å². The normalized spacial score (nSPS) is 11.4. The number of nitrogens with two attached hydrogens (primary N) is 1. The molecule has 0 unspecified atom stereocenters. The quantitative estimate of drug-likeness (QED) is 0.692. The SMILES string of the molecule is Cc1n(CCC(C(N)=O)(c2ccccc2)c2ccccc2)cc[n+]1C. The van der Waals surface area contributed by atoms with Crippen molar-refractivity contribution >= 4 is 5.91 Å². The summed E-state index contributed by atoms with van der Waals surface area (Å²) in [5.41, 5.74) is 7.01. The molecule has 128 valence electrons. The van der Waals surface area contributed by atoms with E-state index in [-0.39, 0.29) is 5.91 Å². The van der Waals surface area contributed by atoms with Gasteiger partial charge < -0.3 is 5.73 Å². The van der Waals surface area contributed by atoms with Gasteiger partial charge in [0.15, 0.2) is 0 Å². The summed E-state index contributed by atoms with van der Waals surface area (Å²) in [7, 11) is 2.02. The molecule has 0 aliphatic carbocycles. The van der Waals surface area contributed by atoms with Crippen LogP contribution in [0.3, 0.4) is 0 Å². The number of amides is 1. The fraction of sp³-hybridized carbons (Fsp3) is 0.238. The molecular formula is C21H24N3O+. The minimum absolute atomic E-state index is 0.320. The fourth-order valence-electron chi connectivity index (χ4n) is 3.43. The van der Waals surface area contributed by atoms with Crippen LogP contribution < -0.4 is 10.3 Å². The molecule has 1 heterocycles. The number of hydrogen-bond donors (Lipinski definition) is 1. The van der Waals surface area contributed by atoms with Crippen molar-refractivity contribution < 1.29 is 9.36 Å². The molecule has 2 N–H and O–H groups in total. The highest BCUT2D eigenvalue weighted by Crippen LogP contribution is 2.36. The van der Waals surface area contributed by atoms with Crippen molar-refractivity contribution in [3.8, 4) is 0 Å². The minimum atomic E-state index is -0.849. The van der Waals surface area contributed by atoms with Crippen molar-refractivity contribution in [2.45, 2.75) is 25.3 Å². The summed E-state index contributed by atoms with van der Waals surface area (Å²) < 4.78 is 4.22. The van der Waals surface area contributed by atoms with Gasteiger partial charge in [0, 0.05) is 13.3 Å². The molecule has 4 nitrogen and oxygen atoms in total. The molecule has 1 amide bonds. The Kier molecular flexibility index (Phi) is 4.70. The number of hydrogen-bond acceptors (Lipinski definition) is 1. The number of imidazole rings is 1. The Morgan fingerprint density at radius 2 is 1.56 bits per heavy atom. The average molecular weight is 334 g/mol. The first-order valence-corrected chi connectivity index (χ1v) is 8.48. The van der Waals surface area contributed by atoms with Crippen molar-refractivity contribution in [2.24, 2.45) is 12.8 Å². The zero-order chi connectivity index (χ0) is 17.9. The maximum Gasteiger partial charge on any atom is 0.253 e. The predicted octanol–water partition coefficient (Wildman–Crippen LogP) is 2.48. The number of aromatic nitrogens is 2. The predicted molar refractivity (Wildman–Crippen MR) is 97.8 cm³/mol. The summed E-state index contributed by atoms with van der Waals surface area (Å²) in [4.78, 5) is 12.7. The van der Waals surface area contributed by atoms with Gasteiger partial charge >= 0.3 is 0 Å². The van der Waals surface area contributed by atoms with E-state index in [0.717, 1.165) is 17.0 Å². The topological polar surface area (TPSA) is 51.9 Å². The van der Waals surface area contributed by atoms with Crippen molar-refractivity contribution in [2.75, 3.05) is 0 Å². The maximum atomic E-state index is 12.7. The molecule has 0 aliphatic heterocycles. The van der Waals surface area contributed by atoms with E-state index in [0.29, 0.717) is 13.0 Å². The molecule has 0 bridgehead atoms. The molecule has 1 aromatic heterocycles. The van der Waals surface area contributed by atoms with Gasteiger partial charge in [0.05, 0.1) is 13.6 Å². The van der Waals surface area contributed by atoms with Crippen LogP contribution in [0.15, 0.2) is 73.1 Å². The van der Waals surface area contributed by atoms with E-state index in [9.17, 15) is 4.79 Å². The largest absolute Gasteiger partial charge is 0.369 e. The Hall–Kier alpha value is -2.88. The third-order valence-corrected chi connectivity index (χ3v) is 5.08. The number of benzene rings is 2. The van der Waals surface area contributed by atoms with Crippen LogP contribution in [0, 0.1) is 6.92 Å². The second-order valence-corrected chi connectivity index (χ2v) is 6.40. The van der Waals surface area contributed by atoms with Crippen LogP contribution in [0.1, 0.15) is 23.4 Å². The summed E-state index contributed by atoms with van der Waals surface area (Å²) in [6.45, 7) is 2.77. The summed E-state index contributed by atoms with van der Waals surface area (Å²) in [5, 5.41) is 0.